The molecule has 0 spiro atoms. The lowest BCUT2D eigenvalue weighted by molar-refractivity contribution is -0.133. The van der Waals surface area contributed by atoms with Gasteiger partial charge in [-0.25, -0.2) is 9.37 Å². The van der Waals surface area contributed by atoms with Crippen LogP contribution in [-0.2, 0) is 16.6 Å². The molecule has 2 aliphatic heterocycles. The van der Waals surface area contributed by atoms with E-state index in [-0.39, 0.29) is 51.7 Å². The maximum Gasteiger partial charge on any atom is 0.291 e. The Bertz CT molecular complexity index is 1590. The number of piperazine rings is 1. The number of ether oxygens (including phenoxy) is 1. The summed E-state index contributed by atoms with van der Waals surface area (Å²) >= 11 is 6.46. The van der Waals surface area contributed by atoms with Crippen LogP contribution in [0.5, 0.6) is 5.75 Å². The molecule has 15 heteroatoms. The number of nitrogens with zero attached hydrogens (tertiary/aromatic N) is 4. The Balaban J connectivity index is 0.00000154. The summed E-state index contributed by atoms with van der Waals surface area (Å²) < 4.78 is 35.0. The van der Waals surface area contributed by atoms with Crippen molar-refractivity contribution in [2.45, 2.75) is 19.3 Å². The predicted octanol–water partition coefficient (Wildman–Crippen LogP) is 3.65. The Hall–Kier alpha value is -4.56. The molecular weight excluding hydrogens is 626 g/mol. The minimum Gasteiger partial charge on any atom is -0.494 e. The standard InChI is InChI=1S/C30H33ClF2N6O4.CH2O2/c1-37-23(21-5-6-24(43-2)27(33)26(21)32)17-35-28(37)29(41)36-19-3-4-20(22(31)16-19)30(42)39-13-11-38(12-14-39)25(40)15-18-7-9-34-10-8-18;2-1-3/h3-6,16-18,34H,7-15H2,1-2H3,(H,36,41);1H,(H,2,3). The Morgan fingerprint density at radius 2 is 1.74 bits per heavy atom. The second kappa shape index (κ2) is 15.6. The first-order valence-corrected chi connectivity index (χ1v) is 15.0. The van der Waals surface area contributed by atoms with Gasteiger partial charge in [-0.2, -0.15) is 4.39 Å². The van der Waals surface area contributed by atoms with Gasteiger partial charge in [0.25, 0.3) is 18.3 Å². The summed E-state index contributed by atoms with van der Waals surface area (Å²) in [6, 6.07) is 7.19. The summed E-state index contributed by atoms with van der Waals surface area (Å²) in [7, 11) is 2.74. The number of carboxylic acid groups (broad SMARTS) is 1. The van der Waals surface area contributed by atoms with Gasteiger partial charge in [-0.3, -0.25) is 19.2 Å². The number of aromatic nitrogens is 2. The number of nitrogens with one attached hydrogen (secondary N) is 2. The molecule has 3 aromatic rings. The van der Waals surface area contributed by atoms with Gasteiger partial charge in [-0.15, -0.1) is 0 Å². The second-order valence-electron chi connectivity index (χ2n) is 10.8. The molecule has 0 saturated carbocycles. The molecule has 0 atom stereocenters. The monoisotopic (exact) mass is 660 g/mol. The normalized spacial score (nSPS) is 15.1. The topological polar surface area (TPSA) is 146 Å². The first-order chi connectivity index (χ1) is 22.1. The summed E-state index contributed by atoms with van der Waals surface area (Å²) in [5, 5.41) is 13.0. The van der Waals surface area contributed by atoms with Crippen LogP contribution < -0.4 is 15.4 Å². The minimum atomic E-state index is -1.14. The zero-order valence-electron chi connectivity index (χ0n) is 25.4. The minimum absolute atomic E-state index is 0.0468. The van der Waals surface area contributed by atoms with Crippen LogP contribution in [0, 0.1) is 17.6 Å². The van der Waals surface area contributed by atoms with Gasteiger partial charge in [0, 0.05) is 50.9 Å². The van der Waals surface area contributed by atoms with E-state index in [1.165, 1.54) is 49.2 Å². The lowest BCUT2D eigenvalue weighted by Crippen LogP contribution is -2.51. The van der Waals surface area contributed by atoms with E-state index in [0.717, 1.165) is 25.9 Å². The van der Waals surface area contributed by atoms with Crippen LogP contribution in [0.15, 0.2) is 36.5 Å². The molecule has 3 heterocycles. The lowest BCUT2D eigenvalue weighted by Gasteiger charge is -2.36. The molecule has 3 N–H and O–H groups in total. The number of anilines is 1. The van der Waals surface area contributed by atoms with E-state index in [9.17, 15) is 23.2 Å². The highest BCUT2D eigenvalue weighted by Gasteiger charge is 2.28. The number of rotatable bonds is 7. The molecule has 1 aromatic heterocycles. The Morgan fingerprint density at radius 1 is 1.09 bits per heavy atom. The van der Waals surface area contributed by atoms with Crippen LogP contribution in [0.25, 0.3) is 11.3 Å². The van der Waals surface area contributed by atoms with Crippen molar-refractivity contribution in [1.82, 2.24) is 24.7 Å². The van der Waals surface area contributed by atoms with E-state index >= 15 is 0 Å². The molecule has 3 amide bonds. The number of imidazole rings is 1. The molecule has 12 nitrogen and oxygen atoms in total. The highest BCUT2D eigenvalue weighted by Crippen LogP contribution is 2.30. The van der Waals surface area contributed by atoms with Crippen molar-refractivity contribution in [3.8, 4) is 17.0 Å². The first kappa shape index (κ1) is 34.3. The molecule has 5 rings (SSSR count). The average Bonchev–Trinajstić information content (AvgIpc) is 3.44. The number of amides is 3. The van der Waals surface area contributed by atoms with Crippen molar-refractivity contribution < 1.29 is 37.8 Å². The third-order valence-electron chi connectivity index (χ3n) is 8.03. The highest BCUT2D eigenvalue weighted by atomic mass is 35.5. The van der Waals surface area contributed by atoms with Crippen molar-refractivity contribution in [3.05, 3.63) is 64.6 Å². The van der Waals surface area contributed by atoms with Crippen LogP contribution in [0.1, 0.15) is 40.2 Å². The average molecular weight is 661 g/mol. The van der Waals surface area contributed by atoms with Gasteiger partial charge in [-0.1, -0.05) is 11.6 Å². The van der Waals surface area contributed by atoms with E-state index in [1.54, 1.807) is 11.0 Å². The van der Waals surface area contributed by atoms with Crippen molar-refractivity contribution >= 4 is 41.5 Å². The van der Waals surface area contributed by atoms with Gasteiger partial charge in [0.2, 0.25) is 11.7 Å². The first-order valence-electron chi connectivity index (χ1n) is 14.6. The van der Waals surface area contributed by atoms with E-state index in [2.05, 4.69) is 15.6 Å². The summed E-state index contributed by atoms with van der Waals surface area (Å²) in [4.78, 5) is 54.9. The molecule has 2 aromatic carbocycles. The van der Waals surface area contributed by atoms with E-state index in [0.29, 0.717) is 44.2 Å². The number of carbonyl (C=O) groups excluding carboxylic acids is 3. The second-order valence-corrected chi connectivity index (χ2v) is 11.2. The van der Waals surface area contributed by atoms with Gasteiger partial charge in [0.15, 0.2) is 17.4 Å². The Labute approximate surface area is 269 Å². The summed E-state index contributed by atoms with van der Waals surface area (Å²) in [6.07, 6.45) is 3.83. The van der Waals surface area contributed by atoms with Crippen molar-refractivity contribution in [2.75, 3.05) is 51.7 Å². The number of halogens is 3. The van der Waals surface area contributed by atoms with Crippen molar-refractivity contribution in [3.63, 3.8) is 0 Å². The van der Waals surface area contributed by atoms with Gasteiger partial charge in [0.1, 0.15) is 0 Å². The SMILES string of the molecule is COc1ccc(-c2cnc(C(=O)Nc3ccc(C(=O)N4CCN(C(=O)CC5CCNCC5)CC4)c(Cl)c3)n2C)c(F)c1F.O=CO. The smallest absolute Gasteiger partial charge is 0.291 e. The number of hydrogen-bond donors (Lipinski definition) is 3. The van der Waals surface area contributed by atoms with Crippen LogP contribution >= 0.6 is 11.6 Å². The lowest BCUT2D eigenvalue weighted by atomic mass is 9.94. The van der Waals surface area contributed by atoms with E-state index < -0.39 is 17.5 Å². The Kier molecular flexibility index (Phi) is 11.7. The fraction of sp³-hybridized carbons (Fsp3) is 0.387. The maximum absolute atomic E-state index is 14.6. The molecule has 0 radical (unpaired) electrons. The quantitative estimate of drug-likeness (QED) is 0.326. The number of carbonyl (C=O) groups is 4. The fourth-order valence-electron chi connectivity index (χ4n) is 5.50. The van der Waals surface area contributed by atoms with Gasteiger partial charge < -0.3 is 34.8 Å². The molecular formula is C31H35ClF2N6O6. The van der Waals surface area contributed by atoms with E-state index in [1.807, 2.05) is 4.90 Å². The zero-order chi connectivity index (χ0) is 33.4. The van der Waals surface area contributed by atoms with Crippen LogP contribution in [0.4, 0.5) is 14.5 Å². The fourth-order valence-corrected chi connectivity index (χ4v) is 5.76. The Morgan fingerprint density at radius 3 is 2.37 bits per heavy atom. The molecule has 2 aliphatic rings. The molecule has 246 valence electrons. The molecule has 0 unspecified atom stereocenters. The van der Waals surface area contributed by atoms with Gasteiger partial charge in [0.05, 0.1) is 29.6 Å². The third-order valence-corrected chi connectivity index (χ3v) is 8.35. The van der Waals surface area contributed by atoms with Gasteiger partial charge in [-0.05, 0) is 62.2 Å². The maximum atomic E-state index is 14.6. The van der Waals surface area contributed by atoms with E-state index in [4.69, 9.17) is 26.2 Å². The highest BCUT2D eigenvalue weighted by molar-refractivity contribution is 6.34. The summed E-state index contributed by atoms with van der Waals surface area (Å²) in [5.41, 5.74) is 0.720. The molecule has 2 fully saturated rings. The summed E-state index contributed by atoms with van der Waals surface area (Å²) in [5.74, 6) is -2.86. The van der Waals surface area contributed by atoms with Crippen molar-refractivity contribution in [2.24, 2.45) is 13.0 Å². The molecule has 2 saturated heterocycles. The molecule has 0 bridgehead atoms. The number of piperidine rings is 1. The van der Waals surface area contributed by atoms with Crippen LogP contribution in [0.3, 0.4) is 0 Å². The predicted molar refractivity (Wildman–Crippen MR) is 166 cm³/mol. The largest absolute Gasteiger partial charge is 0.494 e. The zero-order valence-corrected chi connectivity index (χ0v) is 26.1. The molecule has 46 heavy (non-hydrogen) atoms. The number of methoxy groups -OCH3 is 1. The van der Waals surface area contributed by atoms with Crippen molar-refractivity contribution in [1.29, 1.82) is 0 Å². The molecule has 0 aliphatic carbocycles. The van der Waals surface area contributed by atoms with Crippen LogP contribution in [0.2, 0.25) is 5.02 Å². The summed E-state index contributed by atoms with van der Waals surface area (Å²) in [6.45, 7) is 3.40. The van der Waals surface area contributed by atoms with Gasteiger partial charge >= 0.3 is 0 Å². The number of hydrogen-bond acceptors (Lipinski definition) is 7. The number of benzene rings is 2. The van der Waals surface area contributed by atoms with Crippen LogP contribution in [-0.4, -0.2) is 95.0 Å². The third kappa shape index (κ3) is 7.80.